The molecule has 0 amide bonds. The van der Waals surface area contributed by atoms with Gasteiger partial charge in [0.1, 0.15) is 0 Å². The Balaban J connectivity index is 1.24. The first-order valence-corrected chi connectivity index (χ1v) is 17.1. The molecule has 9 aromatic carbocycles. The molecule has 0 atom stereocenters. The second-order valence-corrected chi connectivity index (χ2v) is 13.1. The molecule has 1 aliphatic rings. The van der Waals surface area contributed by atoms with Crippen LogP contribution in [0.2, 0.25) is 0 Å². The first-order valence-electron chi connectivity index (χ1n) is 17.1. The maximum atomic E-state index is 10.5. The van der Waals surface area contributed by atoms with Gasteiger partial charge in [0.2, 0.25) is 0 Å². The molecule has 0 spiro atoms. The Morgan fingerprint density at radius 2 is 0.840 bits per heavy atom. The van der Waals surface area contributed by atoms with Crippen LogP contribution in [-0.4, -0.2) is 0 Å². The van der Waals surface area contributed by atoms with Crippen LogP contribution in [0.4, 0.5) is 0 Å². The average molecular weight is 632 g/mol. The third-order valence-corrected chi connectivity index (χ3v) is 10.4. The van der Waals surface area contributed by atoms with E-state index in [9.17, 15) is 5.26 Å². The van der Waals surface area contributed by atoms with Gasteiger partial charge in [0.15, 0.2) is 0 Å². The molecule has 50 heavy (non-hydrogen) atoms. The number of fused-ring (bicyclic) bond motifs is 5. The molecule has 0 radical (unpaired) electrons. The highest BCUT2D eigenvalue weighted by Gasteiger charge is 2.31. The van der Waals surface area contributed by atoms with Crippen LogP contribution in [-0.2, 0) is 0 Å². The van der Waals surface area contributed by atoms with Gasteiger partial charge in [-0.25, -0.2) is 0 Å². The first-order chi connectivity index (χ1) is 24.8. The fourth-order valence-electron chi connectivity index (χ4n) is 8.26. The lowest BCUT2D eigenvalue weighted by Gasteiger charge is -2.20. The standard InChI is InChI=1S/C49H29N/c50-30-37-29-36(35-23-22-31-12-7-8-17-34(31)28-35)24-25-38(37)39-26-27-44-47-40(39)20-11-21-43(47)48-45(32-13-3-1-4-14-32)41-18-9-10-19-42(41)46(49(44)48)33-15-5-2-6-16-33/h1-29H. The Bertz CT molecular complexity index is 2760. The van der Waals surface area contributed by atoms with E-state index in [1.165, 1.54) is 71.4 Å². The summed E-state index contributed by atoms with van der Waals surface area (Å²) in [5.41, 5.74) is 14.8. The Morgan fingerprint density at radius 3 is 1.52 bits per heavy atom. The number of hydrogen-bond acceptors (Lipinski definition) is 1. The van der Waals surface area contributed by atoms with E-state index in [1.807, 2.05) is 6.07 Å². The summed E-state index contributed by atoms with van der Waals surface area (Å²) in [7, 11) is 0. The molecule has 230 valence electrons. The summed E-state index contributed by atoms with van der Waals surface area (Å²) in [4.78, 5) is 0. The molecule has 0 heterocycles. The highest BCUT2D eigenvalue weighted by atomic mass is 14.3. The quantitative estimate of drug-likeness (QED) is 0.190. The summed E-state index contributed by atoms with van der Waals surface area (Å²) in [6.45, 7) is 0. The van der Waals surface area contributed by atoms with E-state index in [1.54, 1.807) is 0 Å². The number of hydrogen-bond donors (Lipinski definition) is 0. The highest BCUT2D eigenvalue weighted by molar-refractivity contribution is 6.28. The maximum absolute atomic E-state index is 10.5. The molecular formula is C49H29N. The van der Waals surface area contributed by atoms with Crippen LogP contribution in [0.5, 0.6) is 0 Å². The summed E-state index contributed by atoms with van der Waals surface area (Å²) in [5.74, 6) is 0. The van der Waals surface area contributed by atoms with Gasteiger partial charge in [-0.3, -0.25) is 0 Å². The zero-order chi connectivity index (χ0) is 33.2. The SMILES string of the molecule is N#Cc1cc(-c2ccc3ccccc3c2)ccc1-c1ccc2c3c(cccc13)-c1c-2c(-c2ccccc2)c2ccccc2c1-c1ccccc1. The number of rotatable bonds is 4. The third kappa shape index (κ3) is 4.19. The average Bonchev–Trinajstić information content (AvgIpc) is 3.52. The van der Waals surface area contributed by atoms with Crippen molar-refractivity contribution in [1.82, 2.24) is 0 Å². The van der Waals surface area contributed by atoms with E-state index >= 15 is 0 Å². The van der Waals surface area contributed by atoms with Crippen molar-refractivity contribution < 1.29 is 0 Å². The van der Waals surface area contributed by atoms with E-state index < -0.39 is 0 Å². The summed E-state index contributed by atoms with van der Waals surface area (Å²) in [5, 5.41) is 17.8. The minimum absolute atomic E-state index is 0.674. The van der Waals surface area contributed by atoms with Crippen LogP contribution in [0.3, 0.4) is 0 Å². The fourth-order valence-corrected chi connectivity index (χ4v) is 8.26. The Kier molecular flexibility index (Phi) is 6.31. The highest BCUT2D eigenvalue weighted by Crippen LogP contribution is 2.58. The fraction of sp³-hybridized carbons (Fsp3) is 0. The van der Waals surface area contributed by atoms with Crippen LogP contribution in [0.15, 0.2) is 176 Å². The van der Waals surface area contributed by atoms with Crippen molar-refractivity contribution >= 4 is 32.3 Å². The van der Waals surface area contributed by atoms with Crippen LogP contribution < -0.4 is 0 Å². The maximum Gasteiger partial charge on any atom is 0.0998 e. The molecule has 0 aromatic heterocycles. The van der Waals surface area contributed by atoms with Gasteiger partial charge in [0.25, 0.3) is 0 Å². The molecular weight excluding hydrogens is 603 g/mol. The van der Waals surface area contributed by atoms with Crippen molar-refractivity contribution in [2.24, 2.45) is 0 Å². The summed E-state index contributed by atoms with van der Waals surface area (Å²) < 4.78 is 0. The van der Waals surface area contributed by atoms with Crippen LogP contribution in [0.25, 0.3) is 99.1 Å². The van der Waals surface area contributed by atoms with Gasteiger partial charge in [0, 0.05) is 5.56 Å². The van der Waals surface area contributed by atoms with Gasteiger partial charge >= 0.3 is 0 Å². The summed E-state index contributed by atoms with van der Waals surface area (Å²) >= 11 is 0. The first kappa shape index (κ1) is 28.3. The zero-order valence-electron chi connectivity index (χ0n) is 27.2. The van der Waals surface area contributed by atoms with E-state index in [0.29, 0.717) is 5.56 Å². The number of nitriles is 1. The van der Waals surface area contributed by atoms with Crippen molar-refractivity contribution in [3.8, 4) is 72.8 Å². The third-order valence-electron chi connectivity index (χ3n) is 10.4. The lowest BCUT2D eigenvalue weighted by atomic mass is 9.82. The van der Waals surface area contributed by atoms with Gasteiger partial charge in [-0.05, 0) is 106 Å². The molecule has 0 fully saturated rings. The molecule has 1 heteroatoms. The molecule has 0 aliphatic heterocycles. The van der Waals surface area contributed by atoms with Gasteiger partial charge in [-0.15, -0.1) is 0 Å². The van der Waals surface area contributed by atoms with E-state index in [0.717, 1.165) is 27.6 Å². The van der Waals surface area contributed by atoms with Crippen molar-refractivity contribution in [2.45, 2.75) is 0 Å². The van der Waals surface area contributed by atoms with Crippen molar-refractivity contribution in [2.75, 3.05) is 0 Å². The van der Waals surface area contributed by atoms with Crippen LogP contribution in [0, 0.1) is 11.3 Å². The van der Waals surface area contributed by atoms with E-state index in [-0.39, 0.29) is 0 Å². The van der Waals surface area contributed by atoms with Crippen molar-refractivity contribution in [1.29, 1.82) is 5.26 Å². The molecule has 0 saturated heterocycles. The second kappa shape index (κ2) is 11.2. The van der Waals surface area contributed by atoms with Gasteiger partial charge in [0.05, 0.1) is 11.6 Å². The van der Waals surface area contributed by atoms with Gasteiger partial charge < -0.3 is 0 Å². The molecule has 0 N–H and O–H groups in total. The predicted octanol–water partition coefficient (Wildman–Crippen LogP) is 13.3. The molecule has 1 nitrogen and oxygen atoms in total. The number of nitrogens with zero attached hydrogens (tertiary/aromatic N) is 1. The normalized spacial score (nSPS) is 11.6. The minimum Gasteiger partial charge on any atom is -0.192 e. The summed E-state index contributed by atoms with van der Waals surface area (Å²) in [6.07, 6.45) is 0. The summed E-state index contributed by atoms with van der Waals surface area (Å²) in [6, 6.07) is 65.5. The largest absolute Gasteiger partial charge is 0.192 e. The number of benzene rings is 9. The Labute approximate surface area is 291 Å². The Hall–Kier alpha value is -6.75. The van der Waals surface area contributed by atoms with Crippen molar-refractivity contribution in [3.63, 3.8) is 0 Å². The lowest BCUT2D eigenvalue weighted by molar-refractivity contribution is 1.48. The van der Waals surface area contributed by atoms with E-state index in [2.05, 4.69) is 176 Å². The topological polar surface area (TPSA) is 23.8 Å². The molecule has 0 saturated carbocycles. The molecule has 10 rings (SSSR count). The minimum atomic E-state index is 0.674. The van der Waals surface area contributed by atoms with E-state index in [4.69, 9.17) is 0 Å². The Morgan fingerprint density at radius 1 is 0.320 bits per heavy atom. The van der Waals surface area contributed by atoms with Gasteiger partial charge in [-0.1, -0.05) is 164 Å². The zero-order valence-corrected chi connectivity index (χ0v) is 27.2. The molecule has 0 unspecified atom stereocenters. The smallest absolute Gasteiger partial charge is 0.0998 e. The predicted molar refractivity (Wildman–Crippen MR) is 210 cm³/mol. The monoisotopic (exact) mass is 631 g/mol. The molecule has 1 aliphatic carbocycles. The molecule has 9 aromatic rings. The lowest BCUT2D eigenvalue weighted by Crippen LogP contribution is -1.93. The van der Waals surface area contributed by atoms with Crippen LogP contribution >= 0.6 is 0 Å². The van der Waals surface area contributed by atoms with Gasteiger partial charge in [-0.2, -0.15) is 5.26 Å². The second-order valence-electron chi connectivity index (χ2n) is 13.1. The van der Waals surface area contributed by atoms with Crippen molar-refractivity contribution in [3.05, 3.63) is 181 Å². The molecule has 0 bridgehead atoms. The van der Waals surface area contributed by atoms with Crippen LogP contribution in [0.1, 0.15) is 5.56 Å².